The van der Waals surface area contributed by atoms with Gasteiger partial charge < -0.3 is 24.8 Å². The van der Waals surface area contributed by atoms with E-state index in [2.05, 4.69) is 81.4 Å². The molecular weight excluding hydrogens is 542 g/mol. The first-order chi connectivity index (χ1) is 12.4. The van der Waals surface area contributed by atoms with Crippen LogP contribution in [0, 0.1) is 0 Å². The van der Waals surface area contributed by atoms with Crippen LogP contribution in [-0.4, -0.2) is 30.4 Å². The van der Waals surface area contributed by atoms with Crippen LogP contribution in [0.15, 0.2) is 49.1 Å². The van der Waals surface area contributed by atoms with Crippen molar-refractivity contribution >= 4 is 70.1 Å². The first kappa shape index (κ1) is 32.5. The summed E-state index contributed by atoms with van der Waals surface area (Å²) in [5, 5.41) is 0. The number of hydrogen-bond acceptors (Lipinski definition) is 6. The summed E-state index contributed by atoms with van der Waals surface area (Å²) in [4.78, 5) is 30.1. The smallest absolute Gasteiger partial charge is 1.00 e. The van der Waals surface area contributed by atoms with Crippen LogP contribution in [0.25, 0.3) is 0 Å². The molecule has 0 fully saturated rings. The van der Waals surface area contributed by atoms with E-state index >= 15 is 0 Å². The minimum atomic E-state index is -0.279. The minimum absolute atomic E-state index is 0. The van der Waals surface area contributed by atoms with Gasteiger partial charge in [0.05, 0.1) is 0 Å². The Kier molecular flexibility index (Phi) is 21.0. The fourth-order valence-corrected chi connectivity index (χ4v) is 1.59. The summed E-state index contributed by atoms with van der Waals surface area (Å²) in [5.74, 6) is -0.558. The summed E-state index contributed by atoms with van der Waals surface area (Å²) in [6.45, 7) is 0. The molecule has 0 radical (unpaired) electrons. The number of amides is 2. The third-order valence-corrected chi connectivity index (χ3v) is 2.88. The van der Waals surface area contributed by atoms with Gasteiger partial charge in [0.2, 0.25) is 0 Å². The Balaban J connectivity index is -0.000000422. The molecule has 0 bridgehead atoms. The number of nitrogens with zero attached hydrogens (tertiary/aromatic N) is 2. The molecule has 0 saturated heterocycles. The first-order valence-electron chi connectivity index (χ1n) is 6.78. The van der Waals surface area contributed by atoms with Gasteiger partial charge >= 0.3 is 16.5 Å². The van der Waals surface area contributed by atoms with Gasteiger partial charge in [-0.15, -0.1) is 25.3 Å². The number of thiocarbonyl (C=S) groups is 2. The van der Waals surface area contributed by atoms with Crippen LogP contribution in [0.4, 0.5) is 0 Å². The van der Waals surface area contributed by atoms with Crippen molar-refractivity contribution in [2.75, 3.05) is 0 Å². The third kappa shape index (κ3) is 15.3. The monoisotopic (exact) mass is 554 g/mol. The summed E-state index contributed by atoms with van der Waals surface area (Å²) in [5.41, 5.74) is 10.6. The molecule has 29 heavy (non-hydrogen) atoms. The van der Waals surface area contributed by atoms with Crippen molar-refractivity contribution in [3.05, 3.63) is 60.2 Å². The van der Waals surface area contributed by atoms with Crippen molar-refractivity contribution in [2.24, 2.45) is 0 Å². The van der Waals surface area contributed by atoms with Crippen molar-refractivity contribution in [1.82, 2.24) is 31.7 Å². The van der Waals surface area contributed by atoms with E-state index in [0.717, 1.165) is 0 Å². The van der Waals surface area contributed by atoms with Gasteiger partial charge in [-0.05, 0) is 24.3 Å². The van der Waals surface area contributed by atoms with Crippen LogP contribution in [0.3, 0.4) is 0 Å². The number of carbonyl (C=O) groups is 2. The molecule has 0 saturated carbocycles. The van der Waals surface area contributed by atoms with Crippen LogP contribution in [0.1, 0.15) is 20.7 Å². The second-order valence-corrected chi connectivity index (χ2v) is 6.56. The van der Waals surface area contributed by atoms with Crippen molar-refractivity contribution in [3.8, 4) is 0 Å². The zero-order valence-electron chi connectivity index (χ0n) is 14.1. The zero-order valence-corrected chi connectivity index (χ0v) is 20.0. The molecule has 4 N–H and O–H groups in total. The van der Waals surface area contributed by atoms with Crippen molar-refractivity contribution < 1.29 is 50.9 Å². The molecule has 2 aromatic heterocycles. The van der Waals surface area contributed by atoms with E-state index in [1.807, 2.05) is 0 Å². The number of thiol groups is 2. The fraction of sp³-hybridized carbons (Fsp3) is 0. The number of hydrazine groups is 2. The Morgan fingerprint density at radius 2 is 0.966 bits per heavy atom. The van der Waals surface area contributed by atoms with Crippen LogP contribution >= 0.6 is 49.7 Å². The summed E-state index contributed by atoms with van der Waals surface area (Å²) in [6.07, 6.45) is 6.14. The zero-order chi connectivity index (χ0) is 19.4. The summed E-state index contributed by atoms with van der Waals surface area (Å²) in [7, 11) is 0. The molecule has 2 amide bonds. The molecule has 0 unspecified atom stereocenters. The molecule has 0 spiro atoms. The molecule has 2 heterocycles. The third-order valence-electron chi connectivity index (χ3n) is 2.45. The Hall–Kier alpha value is -1.21. The van der Waals surface area contributed by atoms with E-state index in [1.54, 1.807) is 24.3 Å². The number of nitrogens with one attached hydrogen (secondary N) is 4. The second-order valence-electron chi connectivity index (χ2n) is 4.24. The molecular formula is C14H14Cl2N6NiO2S4. The maximum atomic E-state index is 11.3. The Bertz CT molecular complexity index is 712. The van der Waals surface area contributed by atoms with Crippen molar-refractivity contribution in [3.63, 3.8) is 0 Å². The number of aromatic nitrogens is 2. The molecule has 15 heteroatoms. The van der Waals surface area contributed by atoms with E-state index in [1.165, 1.54) is 24.8 Å². The Morgan fingerprint density at radius 1 is 0.690 bits per heavy atom. The van der Waals surface area contributed by atoms with Gasteiger partial charge in [-0.2, -0.15) is 0 Å². The molecule has 8 nitrogen and oxygen atoms in total. The number of halogens is 2. The molecule has 0 atom stereocenters. The van der Waals surface area contributed by atoms with Crippen molar-refractivity contribution in [2.45, 2.75) is 0 Å². The molecule has 2 rings (SSSR count). The summed E-state index contributed by atoms with van der Waals surface area (Å²) >= 11 is 16.7. The second kappa shape index (κ2) is 18.8. The van der Waals surface area contributed by atoms with Crippen molar-refractivity contribution in [1.29, 1.82) is 0 Å². The van der Waals surface area contributed by atoms with E-state index < -0.39 is 0 Å². The van der Waals surface area contributed by atoms with Gasteiger partial charge in [-0.3, -0.25) is 41.3 Å². The van der Waals surface area contributed by atoms with E-state index in [4.69, 9.17) is 0 Å². The number of rotatable bonds is 2. The summed E-state index contributed by atoms with van der Waals surface area (Å²) in [6, 6.07) is 6.38. The van der Waals surface area contributed by atoms with Gasteiger partial charge in [0.15, 0.2) is 0 Å². The predicted octanol–water partition coefficient (Wildman–Crippen LogP) is -4.93. The average molecular weight is 556 g/mol. The number of pyridine rings is 2. The molecule has 2 aromatic rings. The standard InChI is InChI=1S/2C7H7N3OS2.2ClH.Ni/c2*11-6(9-10-7(12)13)5-1-3-8-4-2-5;;;/h2*1-4H,(H,9,11)(H2,10,12,13);2*1H;/q;;;;+2/p-2. The van der Waals surface area contributed by atoms with Gasteiger partial charge in [0.25, 0.3) is 11.8 Å². The predicted molar refractivity (Wildman–Crippen MR) is 113 cm³/mol. The van der Waals surface area contributed by atoms with E-state index in [0.29, 0.717) is 11.1 Å². The van der Waals surface area contributed by atoms with Crippen LogP contribution in [-0.2, 0) is 16.5 Å². The number of carbonyl (C=O) groups excluding carboxylic acids is 2. The molecule has 0 aliphatic rings. The molecule has 0 aromatic carbocycles. The fourth-order valence-electron chi connectivity index (χ4n) is 1.37. The first-order valence-corrected chi connectivity index (χ1v) is 8.50. The minimum Gasteiger partial charge on any atom is -1.00 e. The van der Waals surface area contributed by atoms with Crippen LogP contribution in [0.2, 0.25) is 0 Å². The van der Waals surface area contributed by atoms with Crippen LogP contribution in [0.5, 0.6) is 0 Å². The van der Waals surface area contributed by atoms with E-state index in [9.17, 15) is 9.59 Å². The maximum Gasteiger partial charge on any atom is 2.00 e. The molecule has 0 aliphatic carbocycles. The van der Waals surface area contributed by atoms with Gasteiger partial charge in [-0.25, -0.2) is 0 Å². The average Bonchev–Trinajstić information content (AvgIpc) is 2.66. The quantitative estimate of drug-likeness (QED) is 0.0948. The molecule has 0 aliphatic heterocycles. The molecule has 160 valence electrons. The van der Waals surface area contributed by atoms with E-state index in [-0.39, 0.29) is 61.8 Å². The van der Waals surface area contributed by atoms with Gasteiger partial charge in [-0.1, -0.05) is 24.4 Å². The normalized spacial score (nSPS) is 8.07. The summed E-state index contributed by atoms with van der Waals surface area (Å²) < 4.78 is 0.421. The Morgan fingerprint density at radius 3 is 1.21 bits per heavy atom. The van der Waals surface area contributed by atoms with Gasteiger partial charge in [0.1, 0.15) is 8.64 Å². The largest absolute Gasteiger partial charge is 2.00 e. The van der Waals surface area contributed by atoms with Gasteiger partial charge in [0, 0.05) is 35.9 Å². The number of hydrogen-bond donors (Lipinski definition) is 6. The van der Waals surface area contributed by atoms with Crippen LogP contribution < -0.4 is 46.5 Å². The topological polar surface area (TPSA) is 108 Å². The SMILES string of the molecule is O=C(NNC(=S)S)c1ccncc1.O=C(NNC(=S)S)c1ccncc1.[Cl-].[Cl-].[Ni+2]. The Labute approximate surface area is 211 Å². The maximum absolute atomic E-state index is 11.3.